The van der Waals surface area contributed by atoms with Gasteiger partial charge in [-0.25, -0.2) is 19.3 Å². The molecule has 0 radical (unpaired) electrons. The Balaban J connectivity index is 1.55. The molecule has 6 nitrogen and oxygen atoms in total. The fourth-order valence-corrected chi connectivity index (χ4v) is 4.11. The quantitative estimate of drug-likeness (QED) is 0.365. The Morgan fingerprint density at radius 2 is 1.68 bits per heavy atom. The summed E-state index contributed by atoms with van der Waals surface area (Å²) in [6, 6.07) is 22.9. The van der Waals surface area contributed by atoms with Crippen molar-refractivity contribution in [2.45, 2.75) is 13.1 Å². The van der Waals surface area contributed by atoms with Crippen LogP contribution in [0, 0.1) is 5.82 Å². The molecule has 0 amide bonds. The molecule has 170 valence electrons. The third-order valence-corrected chi connectivity index (χ3v) is 5.68. The number of aromatic nitrogens is 4. The topological polar surface area (TPSA) is 58.4 Å². The van der Waals surface area contributed by atoms with Crippen molar-refractivity contribution in [3.05, 3.63) is 102 Å². The average molecular weight is 453 g/mol. The summed E-state index contributed by atoms with van der Waals surface area (Å²) in [5.74, 6) is 0.244. The molecule has 0 saturated carbocycles. The van der Waals surface area contributed by atoms with Crippen LogP contribution in [0.4, 0.5) is 10.3 Å². The highest BCUT2D eigenvalue weighted by Gasteiger charge is 2.18. The number of hydrogen-bond donors (Lipinski definition) is 1. The molecule has 0 spiro atoms. The number of anilines is 1. The van der Waals surface area contributed by atoms with Gasteiger partial charge in [0.05, 0.1) is 17.1 Å². The van der Waals surface area contributed by atoms with Crippen LogP contribution in [0.1, 0.15) is 11.1 Å². The van der Waals surface area contributed by atoms with Gasteiger partial charge in [0.2, 0.25) is 5.95 Å². The van der Waals surface area contributed by atoms with Gasteiger partial charge in [-0.3, -0.25) is 9.30 Å². The second-order valence-electron chi connectivity index (χ2n) is 8.25. The lowest BCUT2D eigenvalue weighted by Crippen LogP contribution is -2.17. The molecular formula is C27H25FN6. The lowest BCUT2D eigenvalue weighted by molar-refractivity contribution is 0.319. The first-order chi connectivity index (χ1) is 16.6. The maximum absolute atomic E-state index is 13.6. The molecule has 0 atom stereocenters. The standard InChI is InChI=1S/C27H25FN6/c1-29-27-30-14-12-23(31-27)26-25(21-8-10-22(28)11-9-21)32-24-16-20(13-15-34(24)26)18-33(2)17-19-6-4-3-5-7-19/h3-16H,17-18H2,1-2H3,(H,29,30,31). The van der Waals surface area contributed by atoms with Crippen molar-refractivity contribution in [3.63, 3.8) is 0 Å². The lowest BCUT2D eigenvalue weighted by Gasteiger charge is -2.17. The SMILES string of the molecule is CNc1nccc(-c2c(-c3ccc(F)cc3)nc3cc(CN(C)Cc4ccccc4)ccn23)n1. The number of fused-ring (bicyclic) bond motifs is 1. The molecular weight excluding hydrogens is 427 g/mol. The molecule has 0 saturated heterocycles. The molecule has 5 aromatic rings. The van der Waals surface area contributed by atoms with Crippen molar-refractivity contribution < 1.29 is 4.39 Å². The Morgan fingerprint density at radius 3 is 2.44 bits per heavy atom. The van der Waals surface area contributed by atoms with E-state index in [1.54, 1.807) is 25.4 Å². The van der Waals surface area contributed by atoms with Gasteiger partial charge in [-0.1, -0.05) is 30.3 Å². The highest BCUT2D eigenvalue weighted by Crippen LogP contribution is 2.32. The molecule has 2 aromatic carbocycles. The van der Waals surface area contributed by atoms with Crippen molar-refractivity contribution >= 4 is 11.6 Å². The van der Waals surface area contributed by atoms with Crippen LogP contribution in [0.5, 0.6) is 0 Å². The molecule has 0 bridgehead atoms. The van der Waals surface area contributed by atoms with Crippen molar-refractivity contribution in [2.24, 2.45) is 0 Å². The van der Waals surface area contributed by atoms with E-state index in [-0.39, 0.29) is 5.82 Å². The Morgan fingerprint density at radius 1 is 0.912 bits per heavy atom. The maximum atomic E-state index is 13.6. The number of pyridine rings is 1. The summed E-state index contributed by atoms with van der Waals surface area (Å²) in [5, 5.41) is 2.99. The molecule has 0 aliphatic rings. The summed E-state index contributed by atoms with van der Waals surface area (Å²) in [6.45, 7) is 1.65. The third kappa shape index (κ3) is 4.51. The van der Waals surface area contributed by atoms with Crippen LogP contribution in [-0.2, 0) is 13.1 Å². The van der Waals surface area contributed by atoms with Crippen LogP contribution < -0.4 is 5.32 Å². The normalized spacial score (nSPS) is 11.3. The molecule has 1 N–H and O–H groups in total. The van der Waals surface area contributed by atoms with Crippen LogP contribution in [0.2, 0.25) is 0 Å². The number of benzene rings is 2. The molecule has 5 rings (SSSR count). The third-order valence-electron chi connectivity index (χ3n) is 5.68. The zero-order valence-corrected chi connectivity index (χ0v) is 19.1. The molecule has 0 fully saturated rings. The summed E-state index contributed by atoms with van der Waals surface area (Å²) < 4.78 is 15.6. The van der Waals surface area contributed by atoms with Gasteiger partial charge >= 0.3 is 0 Å². The number of rotatable bonds is 7. The Kier molecular flexibility index (Phi) is 6.01. The van der Waals surface area contributed by atoms with Gasteiger partial charge in [0.25, 0.3) is 0 Å². The van der Waals surface area contributed by atoms with Crippen molar-refractivity contribution in [3.8, 4) is 22.6 Å². The van der Waals surface area contributed by atoms with E-state index in [0.29, 0.717) is 5.95 Å². The summed E-state index contributed by atoms with van der Waals surface area (Å²) in [7, 11) is 3.89. The van der Waals surface area contributed by atoms with E-state index < -0.39 is 0 Å². The minimum atomic E-state index is -0.280. The van der Waals surface area contributed by atoms with Crippen molar-refractivity contribution in [2.75, 3.05) is 19.4 Å². The van der Waals surface area contributed by atoms with Gasteiger partial charge in [-0.15, -0.1) is 0 Å². The molecule has 7 heteroatoms. The van der Waals surface area contributed by atoms with E-state index in [1.807, 2.05) is 22.7 Å². The van der Waals surface area contributed by atoms with Gasteiger partial charge in [0, 0.05) is 38.1 Å². The molecule has 0 unspecified atom stereocenters. The molecule has 34 heavy (non-hydrogen) atoms. The smallest absolute Gasteiger partial charge is 0.222 e. The first-order valence-corrected chi connectivity index (χ1v) is 11.1. The highest BCUT2D eigenvalue weighted by atomic mass is 19.1. The molecule has 3 aromatic heterocycles. The number of nitrogens with one attached hydrogen (secondary N) is 1. The molecule has 3 heterocycles. The van der Waals surface area contributed by atoms with Gasteiger partial charge in [-0.2, -0.15) is 0 Å². The van der Waals surface area contributed by atoms with E-state index in [1.165, 1.54) is 17.7 Å². The summed E-state index contributed by atoms with van der Waals surface area (Å²) in [4.78, 5) is 16.1. The zero-order valence-electron chi connectivity index (χ0n) is 19.1. The summed E-state index contributed by atoms with van der Waals surface area (Å²) in [6.07, 6.45) is 3.74. The molecule has 0 aliphatic carbocycles. The van der Waals surface area contributed by atoms with Gasteiger partial charge in [0.15, 0.2) is 0 Å². The van der Waals surface area contributed by atoms with E-state index in [9.17, 15) is 4.39 Å². The summed E-state index contributed by atoms with van der Waals surface area (Å²) in [5.41, 5.74) is 6.39. The minimum absolute atomic E-state index is 0.280. The van der Waals surface area contributed by atoms with Gasteiger partial charge in [0.1, 0.15) is 11.5 Å². The van der Waals surface area contributed by atoms with E-state index in [2.05, 4.69) is 63.6 Å². The Bertz CT molecular complexity index is 1410. The second-order valence-corrected chi connectivity index (χ2v) is 8.25. The first-order valence-electron chi connectivity index (χ1n) is 11.1. The summed E-state index contributed by atoms with van der Waals surface area (Å²) >= 11 is 0. The van der Waals surface area contributed by atoms with Gasteiger partial charge in [-0.05, 0) is 60.6 Å². The Hall–Kier alpha value is -4.10. The van der Waals surface area contributed by atoms with Crippen LogP contribution in [0.25, 0.3) is 28.3 Å². The fraction of sp³-hybridized carbons (Fsp3) is 0.148. The van der Waals surface area contributed by atoms with Crippen LogP contribution in [0.3, 0.4) is 0 Å². The number of nitrogens with zero attached hydrogens (tertiary/aromatic N) is 5. The second kappa shape index (κ2) is 9.41. The Labute approximate surface area is 197 Å². The first kappa shape index (κ1) is 21.7. The lowest BCUT2D eigenvalue weighted by atomic mass is 10.1. The van der Waals surface area contributed by atoms with Crippen LogP contribution in [0.15, 0.2) is 85.2 Å². The zero-order chi connectivity index (χ0) is 23.5. The van der Waals surface area contributed by atoms with Gasteiger partial charge < -0.3 is 5.32 Å². The van der Waals surface area contributed by atoms with Crippen LogP contribution in [-0.4, -0.2) is 38.3 Å². The van der Waals surface area contributed by atoms with Crippen molar-refractivity contribution in [1.82, 2.24) is 24.3 Å². The van der Waals surface area contributed by atoms with E-state index in [4.69, 9.17) is 4.98 Å². The van der Waals surface area contributed by atoms with Crippen molar-refractivity contribution in [1.29, 1.82) is 0 Å². The monoisotopic (exact) mass is 452 g/mol. The number of imidazole rings is 1. The fourth-order valence-electron chi connectivity index (χ4n) is 4.11. The van der Waals surface area contributed by atoms with E-state index >= 15 is 0 Å². The number of halogens is 1. The average Bonchev–Trinajstić information content (AvgIpc) is 3.24. The minimum Gasteiger partial charge on any atom is -0.357 e. The maximum Gasteiger partial charge on any atom is 0.222 e. The van der Waals surface area contributed by atoms with E-state index in [0.717, 1.165) is 46.9 Å². The predicted octanol–water partition coefficient (Wildman–Crippen LogP) is 5.27. The number of hydrogen-bond acceptors (Lipinski definition) is 5. The predicted molar refractivity (Wildman–Crippen MR) is 133 cm³/mol. The molecule has 0 aliphatic heterocycles. The van der Waals surface area contributed by atoms with Crippen LogP contribution >= 0.6 is 0 Å². The highest BCUT2D eigenvalue weighted by molar-refractivity contribution is 5.80. The largest absolute Gasteiger partial charge is 0.357 e.